The number of para-hydroxylation sites is 1. The minimum atomic E-state index is -0.235. The van der Waals surface area contributed by atoms with Gasteiger partial charge in [0.2, 0.25) is 0 Å². The number of amides is 1. The van der Waals surface area contributed by atoms with Gasteiger partial charge in [0.15, 0.2) is 5.76 Å². The van der Waals surface area contributed by atoms with Gasteiger partial charge in [-0.25, -0.2) is 0 Å². The minimum absolute atomic E-state index is 0.235. The maximum Gasteiger partial charge on any atom is 0.287 e. The van der Waals surface area contributed by atoms with Gasteiger partial charge in [0.25, 0.3) is 5.91 Å². The summed E-state index contributed by atoms with van der Waals surface area (Å²) in [5, 5.41) is 7.73. The molecule has 3 rings (SSSR count). The number of anilines is 1. The van der Waals surface area contributed by atoms with Crippen molar-refractivity contribution in [2.24, 2.45) is 0 Å². The van der Waals surface area contributed by atoms with Crippen LogP contribution in [0.1, 0.15) is 10.6 Å². The molecule has 0 aliphatic rings. The number of nitrogens with zero attached hydrogens (tertiary/aromatic N) is 2. The third kappa shape index (κ3) is 2.49. The second kappa shape index (κ2) is 5.08. The van der Waals surface area contributed by atoms with Crippen LogP contribution in [0.2, 0.25) is 0 Å². The van der Waals surface area contributed by atoms with Gasteiger partial charge in [-0.2, -0.15) is 5.10 Å². The smallest absolute Gasteiger partial charge is 0.287 e. The van der Waals surface area contributed by atoms with Crippen LogP contribution in [-0.4, -0.2) is 22.2 Å². The summed E-state index contributed by atoms with van der Waals surface area (Å²) in [4.78, 5) is 12.0. The van der Waals surface area contributed by atoms with Crippen LogP contribution in [0.5, 0.6) is 0 Å². The summed E-state index contributed by atoms with van der Waals surface area (Å²) < 4.78 is 7.16. The first-order valence-corrected chi connectivity index (χ1v) is 6.27. The molecule has 2 aromatic heterocycles. The van der Waals surface area contributed by atoms with Crippen LogP contribution >= 0.6 is 0 Å². The van der Waals surface area contributed by atoms with E-state index >= 15 is 0 Å². The Bertz CT molecular complexity index is 711. The van der Waals surface area contributed by atoms with Gasteiger partial charge >= 0.3 is 0 Å². The zero-order chi connectivity index (χ0) is 13.9. The SMILES string of the molecule is Nc1cnn(CCNC(=O)c2cc3ccccc3o2)c1. The maximum atomic E-state index is 12.0. The third-order valence-electron chi connectivity index (χ3n) is 2.93. The lowest BCUT2D eigenvalue weighted by molar-refractivity contribution is 0.0926. The van der Waals surface area contributed by atoms with E-state index in [0.29, 0.717) is 30.1 Å². The van der Waals surface area contributed by atoms with Gasteiger partial charge in [-0.15, -0.1) is 0 Å². The minimum Gasteiger partial charge on any atom is -0.451 e. The Morgan fingerprint density at radius 1 is 1.40 bits per heavy atom. The molecule has 6 nitrogen and oxygen atoms in total. The number of nitrogens with one attached hydrogen (secondary N) is 1. The Morgan fingerprint density at radius 3 is 3.00 bits per heavy atom. The van der Waals surface area contributed by atoms with E-state index in [1.54, 1.807) is 23.1 Å². The number of nitrogen functional groups attached to an aromatic ring is 1. The zero-order valence-electron chi connectivity index (χ0n) is 10.7. The molecule has 0 aliphatic carbocycles. The first kappa shape index (κ1) is 12.3. The quantitative estimate of drug-likeness (QED) is 0.754. The highest BCUT2D eigenvalue weighted by molar-refractivity contribution is 5.95. The Hall–Kier alpha value is -2.76. The van der Waals surface area contributed by atoms with E-state index in [1.807, 2.05) is 24.3 Å². The van der Waals surface area contributed by atoms with Crippen molar-refractivity contribution in [3.8, 4) is 0 Å². The number of benzene rings is 1. The first-order chi connectivity index (χ1) is 9.72. The normalized spacial score (nSPS) is 10.8. The van der Waals surface area contributed by atoms with Crippen LogP contribution in [0.25, 0.3) is 11.0 Å². The number of nitrogens with two attached hydrogens (primary N) is 1. The van der Waals surface area contributed by atoms with Crippen LogP contribution in [-0.2, 0) is 6.54 Å². The van der Waals surface area contributed by atoms with Crippen LogP contribution in [0.4, 0.5) is 5.69 Å². The lowest BCUT2D eigenvalue weighted by Crippen LogP contribution is -2.26. The number of furan rings is 1. The summed E-state index contributed by atoms with van der Waals surface area (Å²) in [7, 11) is 0. The third-order valence-corrected chi connectivity index (χ3v) is 2.93. The Morgan fingerprint density at radius 2 is 2.25 bits per heavy atom. The fourth-order valence-corrected chi connectivity index (χ4v) is 1.97. The van der Waals surface area contributed by atoms with Gasteiger partial charge in [0.1, 0.15) is 5.58 Å². The number of hydrogen-bond acceptors (Lipinski definition) is 4. The van der Waals surface area contributed by atoms with Crippen molar-refractivity contribution in [1.29, 1.82) is 0 Å². The molecule has 0 saturated heterocycles. The zero-order valence-corrected chi connectivity index (χ0v) is 10.7. The summed E-state index contributed by atoms with van der Waals surface area (Å²) in [5.74, 6) is 0.0764. The lowest BCUT2D eigenvalue weighted by Gasteiger charge is -2.03. The summed E-state index contributed by atoms with van der Waals surface area (Å²) in [5.41, 5.74) is 6.87. The first-order valence-electron chi connectivity index (χ1n) is 6.27. The molecular weight excluding hydrogens is 256 g/mol. The number of carbonyl (C=O) groups is 1. The highest BCUT2D eigenvalue weighted by Gasteiger charge is 2.11. The van der Waals surface area contributed by atoms with Gasteiger partial charge in [-0.05, 0) is 12.1 Å². The molecule has 20 heavy (non-hydrogen) atoms. The lowest BCUT2D eigenvalue weighted by atomic mass is 10.2. The van der Waals surface area contributed by atoms with Crippen LogP contribution in [0.3, 0.4) is 0 Å². The Labute approximate surface area is 115 Å². The van der Waals surface area contributed by atoms with Crippen molar-refractivity contribution < 1.29 is 9.21 Å². The number of aromatic nitrogens is 2. The molecule has 0 unspecified atom stereocenters. The summed E-state index contributed by atoms with van der Waals surface area (Å²) in [6.07, 6.45) is 3.29. The van der Waals surface area contributed by atoms with Crippen molar-refractivity contribution in [3.05, 3.63) is 48.5 Å². The fourth-order valence-electron chi connectivity index (χ4n) is 1.97. The molecule has 102 valence electrons. The average Bonchev–Trinajstić information content (AvgIpc) is 3.04. The molecule has 2 heterocycles. The van der Waals surface area contributed by atoms with Crippen molar-refractivity contribution in [3.63, 3.8) is 0 Å². The van der Waals surface area contributed by atoms with Crippen LogP contribution in [0.15, 0.2) is 47.1 Å². The van der Waals surface area contributed by atoms with E-state index in [9.17, 15) is 4.79 Å². The molecule has 3 N–H and O–H groups in total. The van der Waals surface area contributed by atoms with E-state index < -0.39 is 0 Å². The number of fused-ring (bicyclic) bond motifs is 1. The predicted molar refractivity (Wildman–Crippen MR) is 75.2 cm³/mol. The van der Waals surface area contributed by atoms with E-state index in [4.69, 9.17) is 10.2 Å². The summed E-state index contributed by atoms with van der Waals surface area (Å²) >= 11 is 0. The highest BCUT2D eigenvalue weighted by Crippen LogP contribution is 2.18. The average molecular weight is 270 g/mol. The van der Waals surface area contributed by atoms with E-state index in [0.717, 1.165) is 5.39 Å². The Kier molecular flexibility index (Phi) is 3.12. The largest absolute Gasteiger partial charge is 0.451 e. The number of carbonyl (C=O) groups excluding carboxylic acids is 1. The number of hydrogen-bond donors (Lipinski definition) is 2. The van der Waals surface area contributed by atoms with Crippen LogP contribution < -0.4 is 11.1 Å². The molecule has 1 aromatic carbocycles. The number of rotatable bonds is 4. The van der Waals surface area contributed by atoms with Crippen molar-refractivity contribution in [2.45, 2.75) is 6.54 Å². The molecular formula is C14H14N4O2. The predicted octanol–water partition coefficient (Wildman–Crippen LogP) is 1.64. The molecule has 3 aromatic rings. The van der Waals surface area contributed by atoms with Gasteiger partial charge in [-0.1, -0.05) is 18.2 Å². The molecule has 1 amide bonds. The van der Waals surface area contributed by atoms with Gasteiger partial charge in [-0.3, -0.25) is 9.48 Å². The monoisotopic (exact) mass is 270 g/mol. The second-order valence-electron chi connectivity index (χ2n) is 4.44. The summed E-state index contributed by atoms with van der Waals surface area (Å²) in [6, 6.07) is 9.24. The van der Waals surface area contributed by atoms with Crippen molar-refractivity contribution in [2.75, 3.05) is 12.3 Å². The van der Waals surface area contributed by atoms with E-state index in [2.05, 4.69) is 10.4 Å². The maximum absolute atomic E-state index is 12.0. The van der Waals surface area contributed by atoms with Crippen molar-refractivity contribution in [1.82, 2.24) is 15.1 Å². The van der Waals surface area contributed by atoms with Gasteiger partial charge in [0.05, 0.1) is 18.4 Å². The Balaban J connectivity index is 1.61. The molecule has 0 bridgehead atoms. The van der Waals surface area contributed by atoms with Gasteiger partial charge < -0.3 is 15.5 Å². The van der Waals surface area contributed by atoms with Crippen molar-refractivity contribution >= 4 is 22.6 Å². The highest BCUT2D eigenvalue weighted by atomic mass is 16.3. The molecule has 0 radical (unpaired) electrons. The molecule has 6 heteroatoms. The van der Waals surface area contributed by atoms with Crippen LogP contribution in [0, 0.1) is 0 Å². The van der Waals surface area contributed by atoms with Gasteiger partial charge in [0, 0.05) is 18.1 Å². The summed E-state index contributed by atoms with van der Waals surface area (Å²) in [6.45, 7) is 1.01. The molecule has 0 aliphatic heterocycles. The molecule has 0 atom stereocenters. The standard InChI is InChI=1S/C14H14N4O2/c15-11-8-17-18(9-11)6-5-16-14(19)13-7-10-3-1-2-4-12(10)20-13/h1-4,7-9H,5-6,15H2,(H,16,19). The second-order valence-corrected chi connectivity index (χ2v) is 4.44. The molecule has 0 saturated carbocycles. The topological polar surface area (TPSA) is 86.1 Å². The fraction of sp³-hybridized carbons (Fsp3) is 0.143. The van der Waals surface area contributed by atoms with E-state index in [1.165, 1.54) is 0 Å². The van der Waals surface area contributed by atoms with E-state index in [-0.39, 0.29) is 5.91 Å². The molecule has 0 fully saturated rings. The molecule has 0 spiro atoms.